The maximum Gasteiger partial charge on any atom is 0.162 e. The molecule has 1 aliphatic carbocycles. The van der Waals surface area contributed by atoms with Crippen LogP contribution in [0.3, 0.4) is 0 Å². The number of carbonyl (C=O) groups excluding carboxylic acids is 1. The van der Waals surface area contributed by atoms with Crippen molar-refractivity contribution in [2.45, 2.75) is 29.6 Å². The summed E-state index contributed by atoms with van der Waals surface area (Å²) in [6.45, 7) is 0. The van der Waals surface area contributed by atoms with E-state index >= 15 is 0 Å². The van der Waals surface area contributed by atoms with Gasteiger partial charge in [-0.2, -0.15) is 5.26 Å². The van der Waals surface area contributed by atoms with Crippen LogP contribution in [-0.4, -0.2) is 36.2 Å². The van der Waals surface area contributed by atoms with Gasteiger partial charge in [0, 0.05) is 36.7 Å². The maximum atomic E-state index is 13.6. The van der Waals surface area contributed by atoms with Crippen LogP contribution in [0, 0.1) is 11.3 Å². The van der Waals surface area contributed by atoms with Crippen LogP contribution in [0.5, 0.6) is 0 Å². The summed E-state index contributed by atoms with van der Waals surface area (Å²) in [5.74, 6) is 0.134. The average molecular weight is 431 g/mol. The predicted octanol–water partition coefficient (Wildman–Crippen LogP) is 4.38. The second-order valence-electron chi connectivity index (χ2n) is 8.08. The van der Waals surface area contributed by atoms with E-state index in [2.05, 4.69) is 18.2 Å². The van der Waals surface area contributed by atoms with Crippen molar-refractivity contribution in [2.75, 3.05) is 20.4 Å². The van der Waals surface area contributed by atoms with E-state index in [9.17, 15) is 10.1 Å². The first-order chi connectivity index (χ1) is 15.0. The van der Waals surface area contributed by atoms with Gasteiger partial charge in [-0.05, 0) is 41.9 Å². The summed E-state index contributed by atoms with van der Waals surface area (Å²) in [5.41, 5.74) is 10.6. The summed E-state index contributed by atoms with van der Waals surface area (Å²) in [5, 5.41) is 13.7. The minimum Gasteiger partial charge on any atom is -0.383 e. The van der Waals surface area contributed by atoms with Gasteiger partial charge in [0.2, 0.25) is 0 Å². The fourth-order valence-corrected chi connectivity index (χ4v) is 5.07. The number of ketones is 1. The van der Waals surface area contributed by atoms with E-state index in [1.54, 1.807) is 11.8 Å². The molecule has 2 atom stereocenters. The number of rotatable bonds is 4. The average Bonchev–Trinajstić information content (AvgIpc) is 2.78. The van der Waals surface area contributed by atoms with E-state index in [4.69, 9.17) is 5.73 Å². The van der Waals surface area contributed by atoms with Crippen LogP contribution >= 0.6 is 11.8 Å². The van der Waals surface area contributed by atoms with Gasteiger partial charge in [0.05, 0.1) is 17.6 Å². The zero-order valence-electron chi connectivity index (χ0n) is 18.0. The lowest BCUT2D eigenvalue weighted by Crippen LogP contribution is -2.46. The lowest BCUT2D eigenvalue weighted by molar-refractivity contribution is -0.117. The first-order valence-corrected chi connectivity index (χ1v) is 11.5. The van der Waals surface area contributed by atoms with Crippen LogP contribution in [-0.2, 0) is 4.79 Å². The Morgan fingerprint density at radius 2 is 1.74 bits per heavy atom. The van der Waals surface area contributed by atoms with Gasteiger partial charge < -0.3 is 5.73 Å². The number of carbonyl (C=O) groups is 1. The molecule has 1 heterocycles. The van der Waals surface area contributed by atoms with Crippen molar-refractivity contribution in [3.63, 3.8) is 0 Å². The van der Waals surface area contributed by atoms with E-state index in [0.29, 0.717) is 29.8 Å². The zero-order chi connectivity index (χ0) is 22.1. The molecule has 0 saturated heterocycles. The van der Waals surface area contributed by atoms with Crippen molar-refractivity contribution in [3.05, 3.63) is 88.4 Å². The van der Waals surface area contributed by atoms with Gasteiger partial charge in [-0.15, -0.1) is 11.8 Å². The second kappa shape index (κ2) is 8.62. The largest absolute Gasteiger partial charge is 0.383 e. The van der Waals surface area contributed by atoms with Crippen LogP contribution in [0.15, 0.2) is 82.2 Å². The molecule has 0 amide bonds. The number of allylic oxidation sites excluding steroid dienone is 3. The van der Waals surface area contributed by atoms with Crippen LogP contribution < -0.4 is 5.73 Å². The number of nitrogens with two attached hydrogens (primary N) is 1. The minimum atomic E-state index is -0.434. The van der Waals surface area contributed by atoms with Crippen molar-refractivity contribution < 1.29 is 4.79 Å². The summed E-state index contributed by atoms with van der Waals surface area (Å²) in [7, 11) is 3.77. The summed E-state index contributed by atoms with van der Waals surface area (Å²) in [6.07, 6.45) is 3.16. The number of hydrogen-bond donors (Lipinski definition) is 1. The molecule has 31 heavy (non-hydrogen) atoms. The monoisotopic (exact) mass is 430 g/mol. The normalized spacial score (nSPS) is 21.4. The Bertz CT molecular complexity index is 1100. The summed E-state index contributed by atoms with van der Waals surface area (Å²) < 4.78 is 0. The Labute approximate surface area is 187 Å². The molecule has 0 radical (unpaired) electrons. The third kappa shape index (κ3) is 3.76. The fraction of sp³-hybridized carbons (Fsp3) is 0.280. The quantitative estimate of drug-likeness (QED) is 0.726. The number of hydrogen-bond acceptors (Lipinski definition) is 6. The van der Waals surface area contributed by atoms with Crippen molar-refractivity contribution in [3.8, 4) is 6.07 Å². The maximum absolute atomic E-state index is 13.6. The topological polar surface area (TPSA) is 73.4 Å². The highest BCUT2D eigenvalue weighted by molar-refractivity contribution is 7.98. The van der Waals surface area contributed by atoms with E-state index < -0.39 is 5.92 Å². The van der Waals surface area contributed by atoms with Crippen LogP contribution in [0.1, 0.15) is 35.8 Å². The summed E-state index contributed by atoms with van der Waals surface area (Å²) in [4.78, 5) is 14.7. The first-order valence-electron chi connectivity index (χ1n) is 10.3. The molecule has 2 aromatic carbocycles. The van der Waals surface area contributed by atoms with E-state index in [0.717, 1.165) is 21.7 Å². The molecule has 0 saturated carbocycles. The van der Waals surface area contributed by atoms with Crippen LogP contribution in [0.4, 0.5) is 0 Å². The van der Waals surface area contributed by atoms with Crippen molar-refractivity contribution in [2.24, 2.45) is 5.73 Å². The van der Waals surface area contributed by atoms with Crippen LogP contribution in [0.2, 0.25) is 0 Å². The summed E-state index contributed by atoms with van der Waals surface area (Å²) in [6, 6.07) is 20.5. The number of Topliss-reactive ketones (excluding diaryl/α,β-unsaturated/α-hetero) is 1. The number of benzene rings is 2. The molecule has 2 N–H and O–H groups in total. The van der Waals surface area contributed by atoms with Gasteiger partial charge in [-0.1, -0.05) is 42.5 Å². The Kier molecular flexibility index (Phi) is 5.90. The standard InChI is InChI=1S/C25H26N4OS/c1-28(2)29-21-13-18(16-7-5-4-6-8-16)14-22(30)24(21)23(20(15-26)25(29)27)17-9-11-19(31-3)12-10-17/h4-12,18,23H,13-14,27H2,1-3H3. The highest BCUT2D eigenvalue weighted by Gasteiger charge is 2.43. The molecule has 0 fully saturated rings. The molecule has 0 spiro atoms. The molecule has 1 aliphatic heterocycles. The number of thioether (sulfide) groups is 1. The highest BCUT2D eigenvalue weighted by atomic mass is 32.2. The van der Waals surface area contributed by atoms with Gasteiger partial charge in [0.15, 0.2) is 5.78 Å². The van der Waals surface area contributed by atoms with Crippen molar-refractivity contribution >= 4 is 17.5 Å². The Morgan fingerprint density at radius 1 is 1.06 bits per heavy atom. The van der Waals surface area contributed by atoms with Crippen LogP contribution in [0.25, 0.3) is 0 Å². The lowest BCUT2D eigenvalue weighted by Gasteiger charge is -2.43. The third-order valence-electron chi connectivity index (χ3n) is 6.06. The fourth-order valence-electron chi connectivity index (χ4n) is 4.66. The molecule has 0 bridgehead atoms. The second-order valence-corrected chi connectivity index (χ2v) is 8.95. The van der Waals surface area contributed by atoms with Gasteiger partial charge >= 0.3 is 0 Å². The molecular weight excluding hydrogens is 404 g/mol. The van der Waals surface area contributed by atoms with E-state index in [1.807, 2.05) is 72.8 Å². The van der Waals surface area contributed by atoms with Gasteiger partial charge in [0.25, 0.3) is 0 Å². The van der Waals surface area contributed by atoms with Crippen molar-refractivity contribution in [1.82, 2.24) is 10.0 Å². The number of nitrogens with zero attached hydrogens (tertiary/aromatic N) is 3. The van der Waals surface area contributed by atoms with E-state index in [1.165, 1.54) is 0 Å². The predicted molar refractivity (Wildman–Crippen MR) is 124 cm³/mol. The van der Waals surface area contributed by atoms with E-state index in [-0.39, 0.29) is 11.7 Å². The molecule has 158 valence electrons. The van der Waals surface area contributed by atoms with Gasteiger partial charge in [-0.3, -0.25) is 9.80 Å². The SMILES string of the molecule is CSc1ccc(C2C(C#N)=C(N)N(N(C)C)C3=C2C(=O)CC(c2ccccc2)C3)cc1. The highest BCUT2D eigenvalue weighted by Crippen LogP contribution is 2.48. The number of nitriles is 1. The molecule has 2 aromatic rings. The molecule has 0 aromatic heterocycles. The molecule has 2 unspecified atom stereocenters. The van der Waals surface area contributed by atoms with Gasteiger partial charge in [-0.25, -0.2) is 5.01 Å². The molecule has 6 heteroatoms. The first kappa shape index (κ1) is 21.2. The Morgan fingerprint density at radius 3 is 2.32 bits per heavy atom. The molecule has 5 nitrogen and oxygen atoms in total. The number of hydrazine groups is 1. The van der Waals surface area contributed by atoms with Gasteiger partial charge in [0.1, 0.15) is 5.82 Å². The minimum absolute atomic E-state index is 0.0844. The molecule has 4 rings (SSSR count). The summed E-state index contributed by atoms with van der Waals surface area (Å²) >= 11 is 1.66. The Balaban J connectivity index is 1.87. The third-order valence-corrected chi connectivity index (χ3v) is 6.80. The van der Waals surface area contributed by atoms with Crippen molar-refractivity contribution in [1.29, 1.82) is 5.26 Å². The Hall–Kier alpha value is -3.01. The molecular formula is C25H26N4OS. The smallest absolute Gasteiger partial charge is 0.162 e. The zero-order valence-corrected chi connectivity index (χ0v) is 18.8. The molecule has 2 aliphatic rings. The lowest BCUT2D eigenvalue weighted by atomic mass is 9.72.